The lowest BCUT2D eigenvalue weighted by Crippen LogP contribution is -2.51. The van der Waals surface area contributed by atoms with Gasteiger partial charge >= 0.3 is 0 Å². The summed E-state index contributed by atoms with van der Waals surface area (Å²) in [5, 5.41) is 0. The molecule has 2 heterocycles. The van der Waals surface area contributed by atoms with Crippen molar-refractivity contribution in [1.29, 1.82) is 0 Å². The lowest BCUT2D eigenvalue weighted by molar-refractivity contribution is -0.0875. The quantitative estimate of drug-likeness (QED) is 0.837. The first-order chi connectivity index (χ1) is 12.2. The minimum absolute atomic E-state index is 0.0197. The highest BCUT2D eigenvalue weighted by molar-refractivity contribution is 5.93. The summed E-state index contributed by atoms with van der Waals surface area (Å²) >= 11 is 0. The molecule has 1 aromatic heterocycles. The molecule has 1 saturated heterocycles. The highest BCUT2D eigenvalue weighted by atomic mass is 16.5. The van der Waals surface area contributed by atoms with E-state index >= 15 is 0 Å². The average Bonchev–Trinajstić information content (AvgIpc) is 3.50. The number of ether oxygens (including phenoxy) is 1. The van der Waals surface area contributed by atoms with Crippen molar-refractivity contribution >= 4 is 16.9 Å². The highest BCUT2D eigenvalue weighted by Gasteiger charge is 2.39. The Bertz CT molecular complexity index is 759. The maximum Gasteiger partial charge on any atom is 0.274 e. The van der Waals surface area contributed by atoms with Gasteiger partial charge in [-0.2, -0.15) is 0 Å². The summed E-state index contributed by atoms with van der Waals surface area (Å²) in [6.45, 7) is 3.53. The normalized spacial score (nSPS) is 23.8. The van der Waals surface area contributed by atoms with Gasteiger partial charge in [-0.3, -0.25) is 9.78 Å². The number of nitrogens with zero attached hydrogens (tertiary/aromatic N) is 3. The lowest BCUT2D eigenvalue weighted by Gasteiger charge is -2.38. The number of amides is 1. The van der Waals surface area contributed by atoms with Crippen LogP contribution in [0.2, 0.25) is 0 Å². The van der Waals surface area contributed by atoms with Crippen molar-refractivity contribution in [2.45, 2.75) is 51.2 Å². The summed E-state index contributed by atoms with van der Waals surface area (Å²) < 4.78 is 6.27. The third-order valence-electron chi connectivity index (χ3n) is 5.17. The molecule has 1 amide bonds. The van der Waals surface area contributed by atoms with E-state index in [2.05, 4.69) is 16.9 Å². The molecule has 25 heavy (non-hydrogen) atoms. The van der Waals surface area contributed by atoms with Crippen LogP contribution in [-0.2, 0) is 4.74 Å². The van der Waals surface area contributed by atoms with Gasteiger partial charge in [0.25, 0.3) is 5.91 Å². The number of aromatic nitrogens is 2. The van der Waals surface area contributed by atoms with Gasteiger partial charge < -0.3 is 9.64 Å². The van der Waals surface area contributed by atoms with Crippen LogP contribution in [-0.4, -0.2) is 46.1 Å². The largest absolute Gasteiger partial charge is 0.371 e. The second-order valence-corrected chi connectivity index (χ2v) is 7.23. The zero-order valence-electron chi connectivity index (χ0n) is 14.7. The molecule has 0 radical (unpaired) electrons. The van der Waals surface area contributed by atoms with Crippen LogP contribution < -0.4 is 0 Å². The SMILES string of the molecule is CCCC[C@@H]1CN(C(=O)c2cnc3ccccc3n2)C[C@H](C2CC2)O1. The van der Waals surface area contributed by atoms with Crippen LogP contribution in [0.4, 0.5) is 0 Å². The zero-order valence-corrected chi connectivity index (χ0v) is 14.7. The summed E-state index contributed by atoms with van der Waals surface area (Å²) in [5.41, 5.74) is 2.02. The number of para-hydroxylation sites is 2. The molecule has 1 aromatic carbocycles. The van der Waals surface area contributed by atoms with E-state index in [1.165, 1.54) is 12.8 Å². The maximum atomic E-state index is 13.0. The van der Waals surface area contributed by atoms with Gasteiger partial charge in [0, 0.05) is 13.1 Å². The van der Waals surface area contributed by atoms with Gasteiger partial charge in [0.05, 0.1) is 29.4 Å². The standard InChI is InChI=1S/C20H25N3O2/c1-2-3-6-15-12-23(13-19(25-15)14-9-10-14)20(24)18-11-21-16-7-4-5-8-17(16)22-18/h4-5,7-8,11,14-15,19H,2-3,6,9-10,12-13H2,1H3/t15-,19-/m1/s1. The Kier molecular flexibility index (Phi) is 4.66. The molecule has 0 bridgehead atoms. The first kappa shape index (κ1) is 16.5. The van der Waals surface area contributed by atoms with Crippen molar-refractivity contribution in [2.24, 2.45) is 5.92 Å². The zero-order chi connectivity index (χ0) is 17.2. The van der Waals surface area contributed by atoms with E-state index in [4.69, 9.17) is 4.74 Å². The molecule has 0 spiro atoms. The number of benzene rings is 1. The number of carbonyl (C=O) groups excluding carboxylic acids is 1. The van der Waals surface area contributed by atoms with Gasteiger partial charge in [-0.05, 0) is 37.3 Å². The van der Waals surface area contributed by atoms with E-state index in [9.17, 15) is 4.79 Å². The predicted molar refractivity (Wildman–Crippen MR) is 96.4 cm³/mol. The highest BCUT2D eigenvalue weighted by Crippen LogP contribution is 2.37. The molecule has 1 saturated carbocycles. The van der Waals surface area contributed by atoms with Crippen LogP contribution in [0.5, 0.6) is 0 Å². The fourth-order valence-corrected chi connectivity index (χ4v) is 3.58. The first-order valence-electron chi connectivity index (χ1n) is 9.41. The summed E-state index contributed by atoms with van der Waals surface area (Å²) in [6.07, 6.45) is 7.70. The number of fused-ring (bicyclic) bond motifs is 1. The molecule has 5 nitrogen and oxygen atoms in total. The smallest absolute Gasteiger partial charge is 0.274 e. The molecule has 2 atom stereocenters. The molecule has 0 unspecified atom stereocenters. The Morgan fingerprint density at radius 2 is 2.04 bits per heavy atom. The van der Waals surface area contributed by atoms with Gasteiger partial charge in [0.2, 0.25) is 0 Å². The number of unbranched alkanes of at least 4 members (excludes halogenated alkanes) is 1. The van der Waals surface area contributed by atoms with E-state index in [1.54, 1.807) is 6.20 Å². The molecule has 132 valence electrons. The Morgan fingerprint density at radius 3 is 2.80 bits per heavy atom. The number of morpholine rings is 1. The van der Waals surface area contributed by atoms with Gasteiger partial charge in [0.15, 0.2) is 0 Å². The van der Waals surface area contributed by atoms with Crippen molar-refractivity contribution in [1.82, 2.24) is 14.9 Å². The lowest BCUT2D eigenvalue weighted by atomic mass is 10.1. The second kappa shape index (κ2) is 7.08. The number of hydrogen-bond donors (Lipinski definition) is 0. The van der Waals surface area contributed by atoms with Crippen LogP contribution in [0.1, 0.15) is 49.5 Å². The Hall–Kier alpha value is -2.01. The Balaban J connectivity index is 1.53. The van der Waals surface area contributed by atoms with Crippen LogP contribution in [0, 0.1) is 5.92 Å². The van der Waals surface area contributed by atoms with E-state index in [0.717, 1.165) is 30.3 Å². The molecule has 2 aliphatic rings. The molecular formula is C20H25N3O2. The molecule has 0 N–H and O–H groups in total. The molecule has 5 heteroatoms. The van der Waals surface area contributed by atoms with Crippen molar-refractivity contribution < 1.29 is 9.53 Å². The van der Waals surface area contributed by atoms with Crippen LogP contribution >= 0.6 is 0 Å². The topological polar surface area (TPSA) is 55.3 Å². The third kappa shape index (κ3) is 3.66. The molecular weight excluding hydrogens is 314 g/mol. The van der Waals surface area contributed by atoms with Crippen molar-refractivity contribution in [3.8, 4) is 0 Å². The molecule has 2 aromatic rings. The summed E-state index contributed by atoms with van der Waals surface area (Å²) in [7, 11) is 0. The Morgan fingerprint density at radius 1 is 1.24 bits per heavy atom. The minimum atomic E-state index is -0.0197. The minimum Gasteiger partial charge on any atom is -0.371 e. The number of rotatable bonds is 5. The van der Waals surface area contributed by atoms with Gasteiger partial charge in [-0.25, -0.2) is 4.98 Å². The van der Waals surface area contributed by atoms with Gasteiger partial charge in [0.1, 0.15) is 5.69 Å². The van der Waals surface area contributed by atoms with E-state index in [0.29, 0.717) is 24.7 Å². The second-order valence-electron chi connectivity index (χ2n) is 7.23. The predicted octanol–water partition coefficient (Wildman–Crippen LogP) is 3.44. The van der Waals surface area contributed by atoms with Crippen molar-refractivity contribution in [3.63, 3.8) is 0 Å². The van der Waals surface area contributed by atoms with E-state index < -0.39 is 0 Å². The van der Waals surface area contributed by atoms with E-state index in [1.807, 2.05) is 29.2 Å². The fraction of sp³-hybridized carbons (Fsp3) is 0.550. The van der Waals surface area contributed by atoms with Crippen molar-refractivity contribution in [2.75, 3.05) is 13.1 Å². The molecule has 4 rings (SSSR count). The average molecular weight is 339 g/mol. The Labute approximate surface area is 148 Å². The summed E-state index contributed by atoms with van der Waals surface area (Å²) in [5.74, 6) is 0.608. The van der Waals surface area contributed by atoms with E-state index in [-0.39, 0.29) is 18.1 Å². The molecule has 1 aliphatic heterocycles. The van der Waals surface area contributed by atoms with Gasteiger partial charge in [-0.15, -0.1) is 0 Å². The van der Waals surface area contributed by atoms with Gasteiger partial charge in [-0.1, -0.05) is 31.9 Å². The summed E-state index contributed by atoms with van der Waals surface area (Å²) in [4.78, 5) is 23.9. The van der Waals surface area contributed by atoms with Crippen LogP contribution in [0.15, 0.2) is 30.5 Å². The first-order valence-corrected chi connectivity index (χ1v) is 9.41. The van der Waals surface area contributed by atoms with Crippen molar-refractivity contribution in [3.05, 3.63) is 36.2 Å². The number of hydrogen-bond acceptors (Lipinski definition) is 4. The maximum absolute atomic E-state index is 13.0. The summed E-state index contributed by atoms with van der Waals surface area (Å²) in [6, 6.07) is 7.66. The van der Waals surface area contributed by atoms with Crippen LogP contribution in [0.25, 0.3) is 11.0 Å². The number of carbonyl (C=O) groups is 1. The fourth-order valence-electron chi connectivity index (χ4n) is 3.58. The molecule has 1 aliphatic carbocycles. The molecule has 2 fully saturated rings. The van der Waals surface area contributed by atoms with Crippen LogP contribution in [0.3, 0.4) is 0 Å². The monoisotopic (exact) mass is 339 g/mol. The third-order valence-corrected chi connectivity index (χ3v) is 5.17.